The summed E-state index contributed by atoms with van der Waals surface area (Å²) in [5.41, 5.74) is 8.32. The number of anilines is 2. The van der Waals surface area contributed by atoms with E-state index < -0.39 is 6.04 Å². The second-order valence-corrected chi connectivity index (χ2v) is 8.13. The lowest BCUT2D eigenvalue weighted by atomic mass is 10.0. The van der Waals surface area contributed by atoms with Gasteiger partial charge in [0.2, 0.25) is 5.91 Å². The van der Waals surface area contributed by atoms with Crippen LogP contribution in [0.3, 0.4) is 0 Å². The number of nitrogen functional groups attached to an aromatic ring is 1. The predicted molar refractivity (Wildman–Crippen MR) is 131 cm³/mol. The highest BCUT2D eigenvalue weighted by Gasteiger charge is 2.31. The molecule has 8 nitrogen and oxygen atoms in total. The van der Waals surface area contributed by atoms with Gasteiger partial charge in [-0.2, -0.15) is 0 Å². The van der Waals surface area contributed by atoms with Gasteiger partial charge in [0.1, 0.15) is 27.8 Å². The number of piperazine rings is 1. The Morgan fingerprint density at radius 1 is 1.12 bits per heavy atom. The SMILES string of the molecule is COc1ccc(N2CCN(C(=O)C(c3ccccc3)n3cnc(N)c(C=[NH2+])c3=S)CC2)cc1. The molecule has 1 atom stereocenters. The van der Waals surface area contributed by atoms with E-state index in [4.69, 9.17) is 28.1 Å². The van der Waals surface area contributed by atoms with Crippen molar-refractivity contribution in [2.75, 3.05) is 43.9 Å². The quantitative estimate of drug-likeness (QED) is 0.422. The maximum atomic E-state index is 13.8. The van der Waals surface area contributed by atoms with Crippen LogP contribution >= 0.6 is 12.2 Å². The fourth-order valence-electron chi connectivity index (χ4n) is 4.04. The van der Waals surface area contributed by atoms with E-state index in [1.54, 1.807) is 11.7 Å². The molecule has 0 aliphatic carbocycles. The van der Waals surface area contributed by atoms with Crippen LogP contribution in [-0.4, -0.2) is 59.9 Å². The average molecular weight is 464 g/mol. The first-order valence-corrected chi connectivity index (χ1v) is 11.1. The van der Waals surface area contributed by atoms with Crippen LogP contribution in [0.2, 0.25) is 0 Å². The van der Waals surface area contributed by atoms with Crippen molar-refractivity contribution in [1.82, 2.24) is 14.5 Å². The molecule has 1 amide bonds. The van der Waals surface area contributed by atoms with Crippen LogP contribution < -0.4 is 20.8 Å². The molecule has 1 aliphatic heterocycles. The van der Waals surface area contributed by atoms with Gasteiger partial charge < -0.3 is 24.8 Å². The van der Waals surface area contributed by atoms with Gasteiger partial charge in [-0.05, 0) is 29.8 Å². The summed E-state index contributed by atoms with van der Waals surface area (Å²) in [6.45, 7) is 2.65. The van der Waals surface area contributed by atoms with E-state index >= 15 is 0 Å². The molecule has 33 heavy (non-hydrogen) atoms. The Balaban J connectivity index is 1.59. The van der Waals surface area contributed by atoms with E-state index in [2.05, 4.69) is 9.88 Å². The Labute approximate surface area is 197 Å². The molecule has 1 fully saturated rings. The first-order valence-electron chi connectivity index (χ1n) is 10.7. The van der Waals surface area contributed by atoms with E-state index in [1.807, 2.05) is 59.5 Å². The Morgan fingerprint density at radius 3 is 2.39 bits per heavy atom. The topological polar surface area (TPSA) is 102 Å². The molecule has 0 radical (unpaired) electrons. The number of rotatable bonds is 6. The minimum absolute atomic E-state index is 0.0405. The van der Waals surface area contributed by atoms with Crippen LogP contribution in [0.25, 0.3) is 0 Å². The smallest absolute Gasteiger partial charge is 0.250 e. The zero-order valence-electron chi connectivity index (χ0n) is 18.4. The number of hydrogen-bond donors (Lipinski definition) is 2. The molecule has 2 heterocycles. The number of carbonyl (C=O) groups excluding carboxylic acids is 1. The summed E-state index contributed by atoms with van der Waals surface area (Å²) in [7, 11) is 1.65. The van der Waals surface area contributed by atoms with Gasteiger partial charge in [0.05, 0.1) is 13.4 Å². The summed E-state index contributed by atoms with van der Waals surface area (Å²) in [5.74, 6) is 1.02. The van der Waals surface area contributed by atoms with Gasteiger partial charge in [-0.25, -0.2) is 4.98 Å². The predicted octanol–water partition coefficient (Wildman–Crippen LogP) is 1.32. The molecule has 1 aliphatic rings. The molecule has 2 aromatic carbocycles. The standard InChI is InChI=1S/C24H26N6O2S/c1-32-19-9-7-18(8-10-19)28-11-13-29(14-12-28)23(31)21(17-5-3-2-4-6-17)30-16-27-22(26)20(15-25)24(30)33/h2-10,15-16,21,25H,11-14,26H2,1H3/p+1. The third-order valence-corrected chi connectivity index (χ3v) is 6.32. The van der Waals surface area contributed by atoms with Crippen molar-refractivity contribution in [1.29, 1.82) is 0 Å². The van der Waals surface area contributed by atoms with Crippen molar-refractivity contribution >= 4 is 35.8 Å². The number of methoxy groups -OCH3 is 1. The number of benzene rings is 2. The minimum atomic E-state index is -0.655. The lowest BCUT2D eigenvalue weighted by molar-refractivity contribution is -0.134. The van der Waals surface area contributed by atoms with Crippen molar-refractivity contribution in [2.24, 2.45) is 0 Å². The molecule has 0 bridgehead atoms. The molecule has 170 valence electrons. The Kier molecular flexibility index (Phi) is 6.69. The number of carbonyl (C=O) groups is 1. The highest BCUT2D eigenvalue weighted by atomic mass is 32.1. The number of nitrogens with zero attached hydrogens (tertiary/aromatic N) is 4. The second kappa shape index (κ2) is 9.83. The molecule has 1 unspecified atom stereocenters. The lowest BCUT2D eigenvalue weighted by Crippen LogP contribution is -2.51. The number of aromatic nitrogens is 2. The van der Waals surface area contributed by atoms with Crippen LogP contribution in [0.5, 0.6) is 5.75 Å². The van der Waals surface area contributed by atoms with Crippen LogP contribution in [0.15, 0.2) is 60.9 Å². The number of amides is 1. The number of hydrogen-bond acceptors (Lipinski definition) is 6. The number of nitrogens with two attached hydrogens (primary N) is 2. The molecular formula is C24H27N6O2S+. The van der Waals surface area contributed by atoms with Gasteiger partial charge in [-0.1, -0.05) is 42.5 Å². The van der Waals surface area contributed by atoms with Crippen molar-refractivity contribution in [3.05, 3.63) is 76.7 Å². The Morgan fingerprint density at radius 2 is 1.79 bits per heavy atom. The van der Waals surface area contributed by atoms with Gasteiger partial charge in [0, 0.05) is 31.9 Å². The van der Waals surface area contributed by atoms with Crippen LogP contribution in [-0.2, 0) is 4.79 Å². The fourth-order valence-corrected chi connectivity index (χ4v) is 4.37. The zero-order valence-corrected chi connectivity index (χ0v) is 19.2. The summed E-state index contributed by atoms with van der Waals surface area (Å²) < 4.78 is 7.30. The van der Waals surface area contributed by atoms with Crippen LogP contribution in [0.4, 0.5) is 11.5 Å². The third-order valence-electron chi connectivity index (χ3n) is 5.89. The molecule has 0 spiro atoms. The van der Waals surface area contributed by atoms with E-state index in [1.165, 1.54) is 12.5 Å². The van der Waals surface area contributed by atoms with E-state index in [-0.39, 0.29) is 11.7 Å². The maximum absolute atomic E-state index is 13.8. The zero-order chi connectivity index (χ0) is 23.4. The van der Waals surface area contributed by atoms with Crippen molar-refractivity contribution in [3.8, 4) is 5.75 Å². The normalized spacial score (nSPS) is 14.6. The lowest BCUT2D eigenvalue weighted by Gasteiger charge is -2.38. The van der Waals surface area contributed by atoms with E-state index in [0.29, 0.717) is 23.3 Å². The van der Waals surface area contributed by atoms with Crippen molar-refractivity contribution in [3.63, 3.8) is 0 Å². The Hall–Kier alpha value is -3.72. The van der Waals surface area contributed by atoms with Crippen LogP contribution in [0.1, 0.15) is 17.2 Å². The average Bonchev–Trinajstić information content (AvgIpc) is 2.86. The molecule has 9 heteroatoms. The molecule has 4 rings (SSSR count). The Bertz CT molecular complexity index is 1190. The summed E-state index contributed by atoms with van der Waals surface area (Å²) in [6, 6.07) is 16.9. The summed E-state index contributed by atoms with van der Waals surface area (Å²) in [4.78, 5) is 22.1. The first-order chi connectivity index (χ1) is 16.0. The summed E-state index contributed by atoms with van der Waals surface area (Å²) in [6.07, 6.45) is 2.86. The summed E-state index contributed by atoms with van der Waals surface area (Å²) >= 11 is 5.62. The minimum Gasteiger partial charge on any atom is -0.497 e. The monoisotopic (exact) mass is 463 g/mol. The molecule has 4 N–H and O–H groups in total. The largest absolute Gasteiger partial charge is 0.497 e. The first kappa shape index (κ1) is 22.5. The second-order valence-electron chi connectivity index (χ2n) is 7.75. The van der Waals surface area contributed by atoms with Gasteiger partial charge in [-0.15, -0.1) is 0 Å². The van der Waals surface area contributed by atoms with Gasteiger partial charge in [-0.3, -0.25) is 10.2 Å². The third kappa shape index (κ3) is 4.58. The molecular weight excluding hydrogens is 436 g/mol. The maximum Gasteiger partial charge on any atom is 0.250 e. The summed E-state index contributed by atoms with van der Waals surface area (Å²) in [5, 5.41) is 5.73. The molecule has 0 saturated carbocycles. The van der Waals surface area contributed by atoms with Crippen molar-refractivity contribution < 1.29 is 14.9 Å². The van der Waals surface area contributed by atoms with Gasteiger partial charge in [0.15, 0.2) is 6.21 Å². The van der Waals surface area contributed by atoms with E-state index in [0.717, 1.165) is 30.1 Å². The highest BCUT2D eigenvalue weighted by molar-refractivity contribution is 7.71. The van der Waals surface area contributed by atoms with Crippen LogP contribution in [0, 0.1) is 4.64 Å². The fraction of sp³-hybridized carbons (Fsp3) is 0.250. The molecule has 1 saturated heterocycles. The highest BCUT2D eigenvalue weighted by Crippen LogP contribution is 2.25. The molecule has 1 aromatic heterocycles. The van der Waals surface area contributed by atoms with E-state index in [9.17, 15) is 4.79 Å². The van der Waals surface area contributed by atoms with Gasteiger partial charge >= 0.3 is 0 Å². The van der Waals surface area contributed by atoms with Gasteiger partial charge in [0.25, 0.3) is 0 Å². The van der Waals surface area contributed by atoms with Crippen molar-refractivity contribution in [2.45, 2.75) is 6.04 Å². The molecule has 3 aromatic rings. The number of ether oxygens (including phenoxy) is 1.